The van der Waals surface area contributed by atoms with Gasteiger partial charge in [0.05, 0.1) is 24.9 Å². The first-order valence-electron chi connectivity index (χ1n) is 5.82. The van der Waals surface area contributed by atoms with E-state index in [1.165, 1.54) is 24.8 Å². The Hall–Kier alpha value is -2.02. The van der Waals surface area contributed by atoms with Gasteiger partial charge in [0, 0.05) is 24.2 Å². The van der Waals surface area contributed by atoms with Crippen molar-refractivity contribution < 1.29 is 9.53 Å². The third-order valence-corrected chi connectivity index (χ3v) is 3.16. The van der Waals surface area contributed by atoms with Crippen molar-refractivity contribution in [3.8, 4) is 0 Å². The Morgan fingerprint density at radius 3 is 2.89 bits per heavy atom. The van der Waals surface area contributed by atoms with Crippen molar-refractivity contribution in [2.24, 2.45) is 0 Å². The molecule has 2 aromatic heterocycles. The first-order chi connectivity index (χ1) is 9.22. The van der Waals surface area contributed by atoms with Gasteiger partial charge in [0.25, 0.3) is 0 Å². The molecule has 6 nitrogen and oxygen atoms in total. The molecule has 2 rings (SSSR count). The SMILES string of the molecule is CCc1nsc(NCc2ccc(C(=O)OC)cn2)n1. The maximum absolute atomic E-state index is 11.2. The van der Waals surface area contributed by atoms with Gasteiger partial charge >= 0.3 is 5.97 Å². The zero-order valence-electron chi connectivity index (χ0n) is 10.7. The van der Waals surface area contributed by atoms with Crippen molar-refractivity contribution in [2.45, 2.75) is 19.9 Å². The van der Waals surface area contributed by atoms with Crippen molar-refractivity contribution in [2.75, 3.05) is 12.4 Å². The molecule has 0 aliphatic carbocycles. The highest BCUT2D eigenvalue weighted by Gasteiger charge is 2.06. The van der Waals surface area contributed by atoms with Crippen LogP contribution in [0.15, 0.2) is 18.3 Å². The quantitative estimate of drug-likeness (QED) is 0.842. The number of carbonyl (C=O) groups is 1. The standard InChI is InChI=1S/C12H14N4O2S/c1-3-10-15-12(19-16-10)14-7-9-5-4-8(6-13-9)11(17)18-2/h4-6H,3,7H2,1-2H3,(H,14,15,16). The minimum atomic E-state index is -0.385. The molecule has 0 saturated heterocycles. The van der Waals surface area contributed by atoms with Crippen LogP contribution in [0.1, 0.15) is 28.8 Å². The molecule has 0 atom stereocenters. The van der Waals surface area contributed by atoms with Crippen LogP contribution < -0.4 is 5.32 Å². The number of rotatable bonds is 5. The van der Waals surface area contributed by atoms with E-state index in [2.05, 4.69) is 24.4 Å². The predicted molar refractivity (Wildman–Crippen MR) is 72.2 cm³/mol. The fourth-order valence-electron chi connectivity index (χ4n) is 1.40. The summed E-state index contributed by atoms with van der Waals surface area (Å²) in [6.07, 6.45) is 2.32. The van der Waals surface area contributed by atoms with Crippen molar-refractivity contribution in [1.82, 2.24) is 14.3 Å². The molecule has 0 saturated carbocycles. The van der Waals surface area contributed by atoms with E-state index in [1.807, 2.05) is 6.92 Å². The molecular formula is C12H14N4O2S. The summed E-state index contributed by atoms with van der Waals surface area (Å²) in [6, 6.07) is 3.47. The molecule has 7 heteroatoms. The number of hydrogen-bond donors (Lipinski definition) is 1. The molecule has 0 bridgehead atoms. The van der Waals surface area contributed by atoms with Crippen LogP contribution in [0.25, 0.3) is 0 Å². The van der Waals surface area contributed by atoms with Crippen LogP contribution in [0, 0.1) is 0 Å². The van der Waals surface area contributed by atoms with Gasteiger partial charge in [-0.05, 0) is 12.1 Å². The predicted octanol–water partition coefficient (Wildman–Crippen LogP) is 1.89. The summed E-state index contributed by atoms with van der Waals surface area (Å²) >= 11 is 1.33. The second-order valence-electron chi connectivity index (χ2n) is 3.75. The van der Waals surface area contributed by atoms with E-state index >= 15 is 0 Å². The highest BCUT2D eigenvalue weighted by atomic mass is 32.1. The van der Waals surface area contributed by atoms with E-state index in [0.29, 0.717) is 12.1 Å². The van der Waals surface area contributed by atoms with Gasteiger partial charge in [-0.25, -0.2) is 9.78 Å². The average molecular weight is 278 g/mol. The Labute approximate surface area is 115 Å². The number of methoxy groups -OCH3 is 1. The number of nitrogens with one attached hydrogen (secondary N) is 1. The second-order valence-corrected chi connectivity index (χ2v) is 4.50. The molecule has 0 unspecified atom stereocenters. The van der Waals surface area contributed by atoms with Crippen LogP contribution in [0.5, 0.6) is 0 Å². The minimum absolute atomic E-state index is 0.385. The highest BCUT2D eigenvalue weighted by molar-refractivity contribution is 7.09. The molecule has 0 aromatic carbocycles. The van der Waals surface area contributed by atoms with Crippen LogP contribution in [-0.4, -0.2) is 27.4 Å². The summed E-state index contributed by atoms with van der Waals surface area (Å²) in [7, 11) is 1.35. The first kappa shape index (κ1) is 13.4. The van der Waals surface area contributed by atoms with Gasteiger partial charge in [0.15, 0.2) is 0 Å². The fourth-order valence-corrected chi connectivity index (χ4v) is 2.05. The Morgan fingerprint density at radius 2 is 2.32 bits per heavy atom. The van der Waals surface area contributed by atoms with Gasteiger partial charge in [-0.2, -0.15) is 4.37 Å². The number of ether oxygens (including phenoxy) is 1. The van der Waals surface area contributed by atoms with Gasteiger partial charge in [-0.1, -0.05) is 6.92 Å². The molecule has 2 aromatic rings. The van der Waals surface area contributed by atoms with Gasteiger partial charge in [0.2, 0.25) is 5.13 Å². The molecule has 19 heavy (non-hydrogen) atoms. The zero-order chi connectivity index (χ0) is 13.7. The van der Waals surface area contributed by atoms with Crippen LogP contribution in [0.2, 0.25) is 0 Å². The molecule has 0 spiro atoms. The summed E-state index contributed by atoms with van der Waals surface area (Å²) in [5.74, 6) is 0.449. The molecule has 1 N–H and O–H groups in total. The summed E-state index contributed by atoms with van der Waals surface area (Å²) < 4.78 is 8.79. The van der Waals surface area contributed by atoms with Gasteiger partial charge in [0.1, 0.15) is 5.82 Å². The van der Waals surface area contributed by atoms with Crippen LogP contribution in [0.3, 0.4) is 0 Å². The van der Waals surface area contributed by atoms with Crippen molar-refractivity contribution in [3.05, 3.63) is 35.4 Å². The Balaban J connectivity index is 1.94. The molecular weight excluding hydrogens is 264 g/mol. The first-order valence-corrected chi connectivity index (χ1v) is 6.60. The maximum Gasteiger partial charge on any atom is 0.339 e. The zero-order valence-corrected chi connectivity index (χ0v) is 11.5. The largest absolute Gasteiger partial charge is 0.465 e. The monoisotopic (exact) mass is 278 g/mol. The lowest BCUT2D eigenvalue weighted by molar-refractivity contribution is 0.0600. The van der Waals surface area contributed by atoms with Crippen LogP contribution in [0.4, 0.5) is 5.13 Å². The van der Waals surface area contributed by atoms with Crippen molar-refractivity contribution >= 4 is 22.6 Å². The maximum atomic E-state index is 11.2. The van der Waals surface area contributed by atoms with Crippen molar-refractivity contribution in [1.29, 1.82) is 0 Å². The number of aryl methyl sites for hydroxylation is 1. The third-order valence-electron chi connectivity index (χ3n) is 2.45. The Kier molecular flexibility index (Phi) is 4.40. The van der Waals surface area contributed by atoms with Crippen LogP contribution in [-0.2, 0) is 17.7 Å². The molecule has 0 amide bonds. The smallest absolute Gasteiger partial charge is 0.339 e. The Bertz CT molecular complexity index is 553. The number of pyridine rings is 1. The molecule has 100 valence electrons. The molecule has 0 aliphatic rings. The summed E-state index contributed by atoms with van der Waals surface area (Å²) in [5.41, 5.74) is 1.26. The third kappa shape index (κ3) is 3.47. The summed E-state index contributed by atoms with van der Waals surface area (Å²) in [5, 5.41) is 3.92. The lowest BCUT2D eigenvalue weighted by Crippen LogP contribution is -2.05. The van der Waals surface area contributed by atoms with E-state index in [4.69, 9.17) is 0 Å². The Morgan fingerprint density at radius 1 is 1.47 bits per heavy atom. The summed E-state index contributed by atoms with van der Waals surface area (Å²) in [6.45, 7) is 2.55. The van der Waals surface area contributed by atoms with Gasteiger partial charge < -0.3 is 10.1 Å². The molecule has 0 radical (unpaired) electrons. The number of hydrogen-bond acceptors (Lipinski definition) is 7. The molecule has 2 heterocycles. The van der Waals surface area contributed by atoms with E-state index in [-0.39, 0.29) is 5.97 Å². The highest BCUT2D eigenvalue weighted by Crippen LogP contribution is 2.12. The van der Waals surface area contributed by atoms with Crippen molar-refractivity contribution in [3.63, 3.8) is 0 Å². The van der Waals surface area contributed by atoms with E-state index in [1.54, 1.807) is 12.1 Å². The number of aromatic nitrogens is 3. The fraction of sp³-hybridized carbons (Fsp3) is 0.333. The van der Waals surface area contributed by atoms with E-state index in [0.717, 1.165) is 23.1 Å². The van der Waals surface area contributed by atoms with Crippen LogP contribution >= 0.6 is 11.5 Å². The topological polar surface area (TPSA) is 77.0 Å². The van der Waals surface area contributed by atoms with Gasteiger partial charge in [-0.3, -0.25) is 4.98 Å². The number of carbonyl (C=O) groups excluding carboxylic acids is 1. The van der Waals surface area contributed by atoms with E-state index < -0.39 is 0 Å². The molecule has 0 fully saturated rings. The van der Waals surface area contributed by atoms with Gasteiger partial charge in [-0.15, -0.1) is 0 Å². The normalized spacial score (nSPS) is 10.2. The number of nitrogens with zero attached hydrogens (tertiary/aromatic N) is 3. The second kappa shape index (κ2) is 6.24. The average Bonchev–Trinajstić information content (AvgIpc) is 2.93. The molecule has 0 aliphatic heterocycles. The van der Waals surface area contributed by atoms with E-state index in [9.17, 15) is 4.79 Å². The minimum Gasteiger partial charge on any atom is -0.465 e. The lowest BCUT2D eigenvalue weighted by Gasteiger charge is -2.03. The lowest BCUT2D eigenvalue weighted by atomic mass is 10.2. The summed E-state index contributed by atoms with van der Waals surface area (Å²) in [4.78, 5) is 19.7. The number of anilines is 1. The number of esters is 1.